The van der Waals surface area contributed by atoms with Crippen LogP contribution in [0.1, 0.15) is 19.3 Å². The zero-order valence-corrected chi connectivity index (χ0v) is 7.29. The summed E-state index contributed by atoms with van der Waals surface area (Å²) in [5.41, 5.74) is -1.00. The first-order chi connectivity index (χ1) is 5.52. The molecular weight excluding hydrogens is 158 g/mol. The second kappa shape index (κ2) is 3.41. The SMILES string of the molecule is CN1CCCC(O)(CC(=O)O)C1. The molecule has 1 aliphatic rings. The molecule has 0 radical (unpaired) electrons. The van der Waals surface area contributed by atoms with Crippen LogP contribution in [-0.2, 0) is 4.79 Å². The molecular formula is C8H15NO3. The number of carbonyl (C=O) groups is 1. The number of aliphatic hydroxyl groups is 1. The highest BCUT2D eigenvalue weighted by Crippen LogP contribution is 2.23. The number of piperidine rings is 1. The first-order valence-corrected chi connectivity index (χ1v) is 4.15. The van der Waals surface area contributed by atoms with Crippen LogP contribution < -0.4 is 0 Å². The lowest BCUT2D eigenvalue weighted by Crippen LogP contribution is -2.47. The maximum atomic E-state index is 10.4. The highest BCUT2D eigenvalue weighted by Gasteiger charge is 2.33. The van der Waals surface area contributed by atoms with Crippen LogP contribution in [0.4, 0.5) is 0 Å². The van der Waals surface area contributed by atoms with E-state index in [1.165, 1.54) is 0 Å². The molecule has 0 aromatic carbocycles. The van der Waals surface area contributed by atoms with Gasteiger partial charge in [0.05, 0.1) is 12.0 Å². The van der Waals surface area contributed by atoms with Gasteiger partial charge in [-0.1, -0.05) is 0 Å². The number of likely N-dealkylation sites (N-methyl/N-ethyl adjacent to an activating group) is 1. The Morgan fingerprint density at radius 1 is 1.67 bits per heavy atom. The fraction of sp³-hybridized carbons (Fsp3) is 0.875. The second-order valence-electron chi connectivity index (χ2n) is 3.64. The largest absolute Gasteiger partial charge is 0.481 e. The van der Waals surface area contributed by atoms with Gasteiger partial charge in [-0.25, -0.2) is 0 Å². The topological polar surface area (TPSA) is 60.8 Å². The van der Waals surface area contributed by atoms with Gasteiger partial charge in [-0.2, -0.15) is 0 Å². The number of aliphatic carboxylic acids is 1. The standard InChI is InChI=1S/C8H15NO3/c1-9-4-2-3-8(12,6-9)5-7(10)11/h12H,2-6H2,1H3,(H,10,11). The second-order valence-corrected chi connectivity index (χ2v) is 3.64. The molecule has 0 amide bonds. The Kier molecular flexibility index (Phi) is 2.69. The molecule has 2 N–H and O–H groups in total. The molecule has 0 bridgehead atoms. The van der Waals surface area contributed by atoms with E-state index in [4.69, 9.17) is 5.11 Å². The van der Waals surface area contributed by atoms with E-state index in [0.29, 0.717) is 13.0 Å². The summed E-state index contributed by atoms with van der Waals surface area (Å²) in [6.45, 7) is 1.42. The maximum absolute atomic E-state index is 10.4. The van der Waals surface area contributed by atoms with Crippen molar-refractivity contribution in [1.82, 2.24) is 4.90 Å². The van der Waals surface area contributed by atoms with Crippen LogP contribution in [0.3, 0.4) is 0 Å². The third-order valence-corrected chi connectivity index (χ3v) is 2.23. The zero-order chi connectivity index (χ0) is 9.19. The highest BCUT2D eigenvalue weighted by atomic mass is 16.4. The summed E-state index contributed by atoms with van der Waals surface area (Å²) in [6, 6.07) is 0. The van der Waals surface area contributed by atoms with Crippen molar-refractivity contribution < 1.29 is 15.0 Å². The van der Waals surface area contributed by atoms with Gasteiger partial charge in [-0.3, -0.25) is 4.79 Å². The van der Waals surface area contributed by atoms with E-state index in [2.05, 4.69) is 0 Å². The van der Waals surface area contributed by atoms with Gasteiger partial charge < -0.3 is 15.1 Å². The molecule has 0 aromatic rings. The van der Waals surface area contributed by atoms with Crippen molar-refractivity contribution in [3.63, 3.8) is 0 Å². The van der Waals surface area contributed by atoms with E-state index < -0.39 is 11.6 Å². The Morgan fingerprint density at radius 3 is 2.83 bits per heavy atom. The van der Waals surface area contributed by atoms with Crippen LogP contribution in [0.5, 0.6) is 0 Å². The third-order valence-electron chi connectivity index (χ3n) is 2.23. The van der Waals surface area contributed by atoms with Gasteiger partial charge in [0, 0.05) is 6.54 Å². The maximum Gasteiger partial charge on any atom is 0.306 e. The number of carboxylic acids is 1. The van der Waals surface area contributed by atoms with Crippen LogP contribution >= 0.6 is 0 Å². The average Bonchev–Trinajstić information content (AvgIpc) is 1.82. The molecule has 1 atom stereocenters. The number of hydrogen-bond donors (Lipinski definition) is 2. The molecule has 70 valence electrons. The predicted octanol–water partition coefficient (Wildman–Crippen LogP) is -0.0822. The van der Waals surface area contributed by atoms with Crippen LogP contribution in [0.25, 0.3) is 0 Å². The summed E-state index contributed by atoms with van der Waals surface area (Å²) >= 11 is 0. The molecule has 0 aliphatic carbocycles. The summed E-state index contributed by atoms with van der Waals surface area (Å²) in [5, 5.41) is 18.3. The summed E-state index contributed by atoms with van der Waals surface area (Å²) in [6.07, 6.45) is 1.33. The summed E-state index contributed by atoms with van der Waals surface area (Å²) in [4.78, 5) is 12.4. The van der Waals surface area contributed by atoms with Crippen molar-refractivity contribution in [2.45, 2.75) is 24.9 Å². The monoisotopic (exact) mass is 173 g/mol. The van der Waals surface area contributed by atoms with E-state index in [1.807, 2.05) is 11.9 Å². The number of carboxylic acid groups (broad SMARTS) is 1. The quantitative estimate of drug-likeness (QED) is 0.613. The molecule has 1 aliphatic heterocycles. The Bertz CT molecular complexity index is 183. The minimum Gasteiger partial charge on any atom is -0.481 e. The average molecular weight is 173 g/mol. The molecule has 0 spiro atoms. The first-order valence-electron chi connectivity index (χ1n) is 4.15. The fourth-order valence-electron chi connectivity index (χ4n) is 1.76. The van der Waals surface area contributed by atoms with E-state index >= 15 is 0 Å². The van der Waals surface area contributed by atoms with E-state index in [-0.39, 0.29) is 6.42 Å². The van der Waals surface area contributed by atoms with Gasteiger partial charge in [0.2, 0.25) is 0 Å². The lowest BCUT2D eigenvalue weighted by molar-refractivity contribution is -0.144. The number of nitrogens with zero attached hydrogens (tertiary/aromatic N) is 1. The van der Waals surface area contributed by atoms with Crippen LogP contribution in [0.2, 0.25) is 0 Å². The molecule has 4 heteroatoms. The predicted molar refractivity (Wildman–Crippen MR) is 43.9 cm³/mol. The number of β-amino-alcohol motifs (C(OH)–C–C–N with tert-alkyl or cyclic N) is 1. The zero-order valence-electron chi connectivity index (χ0n) is 7.29. The van der Waals surface area contributed by atoms with Gasteiger partial charge in [-0.15, -0.1) is 0 Å². The number of rotatable bonds is 2. The van der Waals surface area contributed by atoms with Crippen molar-refractivity contribution in [2.75, 3.05) is 20.1 Å². The molecule has 1 heterocycles. The Balaban J connectivity index is 2.51. The lowest BCUT2D eigenvalue weighted by Gasteiger charge is -2.36. The van der Waals surface area contributed by atoms with Crippen molar-refractivity contribution in [3.05, 3.63) is 0 Å². The van der Waals surface area contributed by atoms with Crippen molar-refractivity contribution in [3.8, 4) is 0 Å². The summed E-state index contributed by atoms with van der Waals surface area (Å²) in [7, 11) is 1.89. The Hall–Kier alpha value is -0.610. The first kappa shape index (κ1) is 9.48. The fourth-order valence-corrected chi connectivity index (χ4v) is 1.76. The van der Waals surface area contributed by atoms with Gasteiger partial charge in [0.25, 0.3) is 0 Å². The summed E-state index contributed by atoms with van der Waals surface area (Å²) < 4.78 is 0. The smallest absolute Gasteiger partial charge is 0.306 e. The number of hydrogen-bond acceptors (Lipinski definition) is 3. The van der Waals surface area contributed by atoms with Crippen LogP contribution in [0.15, 0.2) is 0 Å². The van der Waals surface area contributed by atoms with Crippen LogP contribution in [0, 0.1) is 0 Å². The van der Waals surface area contributed by atoms with E-state index in [0.717, 1.165) is 13.0 Å². The highest BCUT2D eigenvalue weighted by molar-refractivity contribution is 5.68. The minimum absolute atomic E-state index is 0.142. The molecule has 1 saturated heterocycles. The van der Waals surface area contributed by atoms with Crippen molar-refractivity contribution >= 4 is 5.97 Å². The van der Waals surface area contributed by atoms with E-state index in [1.54, 1.807) is 0 Å². The van der Waals surface area contributed by atoms with Gasteiger partial charge in [0.15, 0.2) is 0 Å². The Labute approximate surface area is 71.8 Å². The van der Waals surface area contributed by atoms with Crippen LogP contribution in [-0.4, -0.2) is 46.8 Å². The van der Waals surface area contributed by atoms with Gasteiger partial charge in [-0.05, 0) is 26.4 Å². The minimum atomic E-state index is -1.00. The normalized spacial score (nSPS) is 31.8. The summed E-state index contributed by atoms with van der Waals surface area (Å²) in [5.74, 6) is -0.923. The van der Waals surface area contributed by atoms with Gasteiger partial charge in [0.1, 0.15) is 0 Å². The molecule has 1 rings (SSSR count). The Morgan fingerprint density at radius 2 is 2.33 bits per heavy atom. The molecule has 4 nitrogen and oxygen atoms in total. The molecule has 0 aromatic heterocycles. The number of likely N-dealkylation sites (tertiary alicyclic amines) is 1. The third kappa shape index (κ3) is 2.46. The lowest BCUT2D eigenvalue weighted by atomic mass is 9.90. The molecule has 1 fully saturated rings. The van der Waals surface area contributed by atoms with E-state index in [9.17, 15) is 9.90 Å². The molecule has 12 heavy (non-hydrogen) atoms. The molecule has 0 saturated carbocycles. The van der Waals surface area contributed by atoms with Crippen molar-refractivity contribution in [2.24, 2.45) is 0 Å². The molecule has 1 unspecified atom stereocenters. The van der Waals surface area contributed by atoms with Crippen molar-refractivity contribution in [1.29, 1.82) is 0 Å². The van der Waals surface area contributed by atoms with Gasteiger partial charge >= 0.3 is 5.97 Å².